The minimum atomic E-state index is -4.56. The van der Waals surface area contributed by atoms with Crippen LogP contribution in [0.4, 0.5) is 18.9 Å². The molecule has 11 heteroatoms. The lowest BCUT2D eigenvalue weighted by Crippen LogP contribution is -2.34. The zero-order chi connectivity index (χ0) is 30.4. The Hall–Kier alpha value is -3.96. The highest BCUT2D eigenvalue weighted by Crippen LogP contribution is 2.49. The van der Waals surface area contributed by atoms with Crippen molar-refractivity contribution in [1.82, 2.24) is 14.3 Å². The number of benzene rings is 3. The van der Waals surface area contributed by atoms with Crippen LogP contribution in [0, 0.1) is 5.92 Å². The summed E-state index contributed by atoms with van der Waals surface area (Å²) in [7, 11) is -2.24. The molecule has 0 spiro atoms. The fourth-order valence-electron chi connectivity index (χ4n) is 5.88. The number of aryl methyl sites for hydroxylation is 2. The average molecular weight is 609 g/mol. The van der Waals surface area contributed by atoms with Crippen molar-refractivity contribution in [2.75, 3.05) is 4.90 Å². The van der Waals surface area contributed by atoms with Gasteiger partial charge in [0.05, 0.1) is 17.0 Å². The van der Waals surface area contributed by atoms with Crippen molar-refractivity contribution in [2.24, 2.45) is 13.0 Å². The van der Waals surface area contributed by atoms with Crippen LogP contribution in [0.1, 0.15) is 59.3 Å². The van der Waals surface area contributed by atoms with E-state index in [9.17, 15) is 26.4 Å². The van der Waals surface area contributed by atoms with Gasteiger partial charge in [-0.15, -0.1) is 0 Å². The highest BCUT2D eigenvalue weighted by molar-refractivity contribution is 7.89. The van der Waals surface area contributed by atoms with Crippen molar-refractivity contribution < 1.29 is 26.4 Å². The molecule has 3 aromatic carbocycles. The van der Waals surface area contributed by atoms with Gasteiger partial charge in [0.1, 0.15) is 5.82 Å². The zero-order valence-corrected chi connectivity index (χ0v) is 24.3. The Bertz CT molecular complexity index is 1740. The first-order chi connectivity index (χ1) is 20.5. The number of anilines is 1. The fraction of sp³-hybridized carbons (Fsp3) is 0.312. The number of carbonyl (C=O) groups excluding carboxylic acids is 1. The predicted octanol–water partition coefficient (Wildman–Crippen LogP) is 6.13. The number of fused-ring (bicyclic) bond motifs is 1. The molecule has 2 aliphatic rings. The quantitative estimate of drug-likeness (QED) is 0.261. The van der Waals surface area contributed by atoms with Crippen LogP contribution >= 0.6 is 0 Å². The van der Waals surface area contributed by atoms with E-state index in [0.29, 0.717) is 17.9 Å². The van der Waals surface area contributed by atoms with Gasteiger partial charge in [0.25, 0.3) is 0 Å². The van der Waals surface area contributed by atoms with Gasteiger partial charge >= 0.3 is 6.18 Å². The number of alkyl halides is 3. The third-order valence-corrected chi connectivity index (χ3v) is 9.85. The van der Waals surface area contributed by atoms with E-state index in [0.717, 1.165) is 60.2 Å². The number of sulfonamides is 1. The lowest BCUT2D eigenvalue weighted by molar-refractivity contribution is -0.137. The molecule has 1 heterocycles. The molecular formula is C32H31F3N4O3S. The van der Waals surface area contributed by atoms with E-state index in [1.54, 1.807) is 11.1 Å². The molecule has 0 saturated heterocycles. The third-order valence-electron chi connectivity index (χ3n) is 8.37. The molecule has 43 heavy (non-hydrogen) atoms. The van der Waals surface area contributed by atoms with Crippen LogP contribution in [-0.2, 0) is 41.0 Å². The molecule has 1 fully saturated rings. The highest BCUT2D eigenvalue weighted by atomic mass is 32.2. The normalized spacial score (nSPS) is 20.0. The number of nitrogens with one attached hydrogen (secondary N) is 1. The third kappa shape index (κ3) is 6.09. The monoisotopic (exact) mass is 608 g/mol. The Kier molecular flexibility index (Phi) is 7.64. The predicted molar refractivity (Wildman–Crippen MR) is 156 cm³/mol. The first-order valence-electron chi connectivity index (χ1n) is 14.2. The van der Waals surface area contributed by atoms with E-state index in [1.165, 1.54) is 0 Å². The molecule has 2 aliphatic carbocycles. The van der Waals surface area contributed by atoms with Gasteiger partial charge in [-0.3, -0.25) is 4.79 Å². The molecule has 3 atom stereocenters. The van der Waals surface area contributed by atoms with E-state index < -0.39 is 27.8 Å². The second-order valence-electron chi connectivity index (χ2n) is 11.2. The van der Waals surface area contributed by atoms with Gasteiger partial charge in [-0.05, 0) is 84.7 Å². The second-order valence-corrected chi connectivity index (χ2v) is 12.9. The molecule has 7 nitrogen and oxygen atoms in total. The van der Waals surface area contributed by atoms with Crippen molar-refractivity contribution in [1.29, 1.82) is 0 Å². The second kappa shape index (κ2) is 11.3. The van der Waals surface area contributed by atoms with Crippen LogP contribution in [0.5, 0.6) is 0 Å². The standard InChI is InChI=1S/C32H31F3N4O3S/c1-38-17-16-36-30(38)20-39(31(40)28-19-26(28)21-6-3-2-4-7-21)24-13-10-22-8-5-9-29(27(22)18-24)37-43(41,42)25-14-11-23(12-15-25)32(33,34)35/h2-4,6-7,10-18,26,28-29,37H,5,8-9,19-20H2,1H3/t26-,28+,29-/m0/s1. The molecule has 1 amide bonds. The van der Waals surface area contributed by atoms with Crippen LogP contribution in [0.15, 0.2) is 90.1 Å². The minimum absolute atomic E-state index is 0.0190. The van der Waals surface area contributed by atoms with E-state index in [1.807, 2.05) is 66.3 Å². The van der Waals surface area contributed by atoms with Crippen LogP contribution in [-0.4, -0.2) is 23.9 Å². The summed E-state index contributed by atoms with van der Waals surface area (Å²) in [5.74, 6) is 0.656. The number of hydrogen-bond donors (Lipinski definition) is 1. The van der Waals surface area contributed by atoms with E-state index in [2.05, 4.69) is 9.71 Å². The molecule has 1 saturated carbocycles. The number of rotatable bonds is 8. The van der Waals surface area contributed by atoms with Crippen LogP contribution < -0.4 is 9.62 Å². The van der Waals surface area contributed by atoms with E-state index >= 15 is 0 Å². The van der Waals surface area contributed by atoms with Crippen LogP contribution in [0.25, 0.3) is 0 Å². The summed E-state index contributed by atoms with van der Waals surface area (Å²) in [5, 5.41) is 0. The smallest absolute Gasteiger partial charge is 0.337 e. The molecule has 4 aromatic rings. The molecule has 0 radical (unpaired) electrons. The van der Waals surface area contributed by atoms with Gasteiger partial charge < -0.3 is 9.47 Å². The maximum Gasteiger partial charge on any atom is 0.416 e. The SMILES string of the molecule is Cn1ccnc1CN(C(=O)[C@@H]1C[C@H]1c1ccccc1)c1ccc2c(c1)[C@@H](NS(=O)(=O)c1ccc(C(F)(F)F)cc1)CCC2. The molecule has 224 valence electrons. The van der Waals surface area contributed by atoms with Crippen LogP contribution in [0.2, 0.25) is 0 Å². The van der Waals surface area contributed by atoms with Gasteiger partial charge in [-0.1, -0.05) is 36.4 Å². The molecule has 6 rings (SSSR count). The lowest BCUT2D eigenvalue weighted by Gasteiger charge is -2.29. The largest absolute Gasteiger partial charge is 0.416 e. The minimum Gasteiger partial charge on any atom is -0.337 e. The van der Waals surface area contributed by atoms with Crippen molar-refractivity contribution in [3.05, 3.63) is 113 Å². The molecule has 0 aliphatic heterocycles. The summed E-state index contributed by atoms with van der Waals surface area (Å²) >= 11 is 0. The molecule has 1 N–H and O–H groups in total. The maximum atomic E-state index is 14.0. The first-order valence-corrected chi connectivity index (χ1v) is 15.6. The van der Waals surface area contributed by atoms with E-state index in [4.69, 9.17) is 0 Å². The number of carbonyl (C=O) groups is 1. The average Bonchev–Trinajstić information content (AvgIpc) is 3.70. The van der Waals surface area contributed by atoms with Gasteiger partial charge in [0.15, 0.2) is 0 Å². The number of amides is 1. The molecule has 0 unspecified atom stereocenters. The van der Waals surface area contributed by atoms with Gasteiger partial charge in [0.2, 0.25) is 15.9 Å². The topological polar surface area (TPSA) is 84.3 Å². The summed E-state index contributed by atoms with van der Waals surface area (Å²) in [6.07, 6.45) is 1.70. The van der Waals surface area contributed by atoms with Crippen molar-refractivity contribution >= 4 is 21.6 Å². The summed E-state index contributed by atoms with van der Waals surface area (Å²) in [4.78, 5) is 19.9. The summed E-state index contributed by atoms with van der Waals surface area (Å²) in [6.45, 7) is 0.251. The highest BCUT2D eigenvalue weighted by Gasteiger charge is 2.46. The Balaban J connectivity index is 1.29. The summed E-state index contributed by atoms with van der Waals surface area (Å²) < 4.78 is 70.1. The molecular weight excluding hydrogens is 577 g/mol. The van der Waals surface area contributed by atoms with E-state index in [-0.39, 0.29) is 29.2 Å². The van der Waals surface area contributed by atoms with Gasteiger partial charge in [-0.25, -0.2) is 18.1 Å². The Morgan fingerprint density at radius 2 is 1.81 bits per heavy atom. The zero-order valence-electron chi connectivity index (χ0n) is 23.5. The van der Waals surface area contributed by atoms with Crippen LogP contribution in [0.3, 0.4) is 0 Å². The molecule has 1 aromatic heterocycles. The number of imidazole rings is 1. The van der Waals surface area contributed by atoms with Gasteiger partial charge in [-0.2, -0.15) is 13.2 Å². The number of nitrogens with zero attached hydrogens (tertiary/aromatic N) is 3. The number of halogens is 3. The first kappa shape index (κ1) is 29.1. The Labute approximate surface area is 248 Å². The van der Waals surface area contributed by atoms with Crippen molar-refractivity contribution in [3.8, 4) is 0 Å². The summed E-state index contributed by atoms with van der Waals surface area (Å²) in [5.41, 5.74) is 2.58. The fourth-order valence-corrected chi connectivity index (χ4v) is 7.13. The Morgan fingerprint density at radius 3 is 2.49 bits per heavy atom. The van der Waals surface area contributed by atoms with Crippen molar-refractivity contribution in [2.45, 2.75) is 55.3 Å². The maximum absolute atomic E-state index is 14.0. The lowest BCUT2D eigenvalue weighted by atomic mass is 9.87. The number of hydrogen-bond acceptors (Lipinski definition) is 4. The van der Waals surface area contributed by atoms with Gasteiger partial charge in [0, 0.05) is 37.1 Å². The summed E-state index contributed by atoms with van der Waals surface area (Å²) in [6, 6.07) is 18.5. The number of aromatic nitrogens is 2. The van der Waals surface area contributed by atoms with Crippen molar-refractivity contribution in [3.63, 3.8) is 0 Å². The Morgan fingerprint density at radius 1 is 1.07 bits per heavy atom. The molecule has 0 bridgehead atoms.